The average Bonchev–Trinajstić information content (AvgIpc) is 3.38. The predicted molar refractivity (Wildman–Crippen MR) is 115 cm³/mol. The molecule has 1 aliphatic heterocycles. The van der Waals surface area contributed by atoms with E-state index in [4.69, 9.17) is 15.6 Å². The number of hydrogen-bond donors (Lipinski definition) is 2. The molecule has 0 aliphatic carbocycles. The van der Waals surface area contributed by atoms with E-state index in [1.54, 1.807) is 23.5 Å². The summed E-state index contributed by atoms with van der Waals surface area (Å²) in [6, 6.07) is 15.8. The molecule has 0 bridgehead atoms. The summed E-state index contributed by atoms with van der Waals surface area (Å²) in [5.41, 5.74) is 10.8. The minimum absolute atomic E-state index is 0.310. The van der Waals surface area contributed by atoms with Gasteiger partial charge < -0.3 is 15.5 Å². The Morgan fingerprint density at radius 1 is 1.17 bits per heavy atom. The van der Waals surface area contributed by atoms with Gasteiger partial charge >= 0.3 is 0 Å². The van der Waals surface area contributed by atoms with Crippen molar-refractivity contribution in [2.45, 2.75) is 17.6 Å². The highest BCUT2D eigenvalue weighted by Gasteiger charge is 2.24. The van der Waals surface area contributed by atoms with Crippen LogP contribution < -0.4 is 10.5 Å². The van der Waals surface area contributed by atoms with Crippen molar-refractivity contribution in [3.8, 4) is 5.75 Å². The van der Waals surface area contributed by atoms with E-state index >= 15 is 0 Å². The van der Waals surface area contributed by atoms with Gasteiger partial charge in [0, 0.05) is 22.9 Å². The molecule has 0 saturated carbocycles. The molecule has 1 atom stereocenters. The minimum Gasteiger partial charge on any atom is -0.497 e. The van der Waals surface area contributed by atoms with Crippen LogP contribution in [0.2, 0.25) is 0 Å². The summed E-state index contributed by atoms with van der Waals surface area (Å²) >= 11 is 1.62. The molecule has 29 heavy (non-hydrogen) atoms. The van der Waals surface area contributed by atoms with E-state index in [1.807, 2.05) is 42.6 Å². The third-order valence-corrected chi connectivity index (χ3v) is 6.00. The Bertz CT molecular complexity index is 1190. The number of nitrogens with zero attached hydrogens (tertiary/aromatic N) is 4. The van der Waals surface area contributed by atoms with Gasteiger partial charge in [-0.2, -0.15) is 9.78 Å². The first-order valence-electron chi connectivity index (χ1n) is 9.34. The van der Waals surface area contributed by atoms with Gasteiger partial charge in [-0.25, -0.2) is 0 Å². The van der Waals surface area contributed by atoms with Gasteiger partial charge in [-0.05, 0) is 47.9 Å². The predicted octanol–water partition coefficient (Wildman–Crippen LogP) is 3.37. The maximum absolute atomic E-state index is 6.54. The molecule has 4 aromatic rings. The monoisotopic (exact) mass is 404 g/mol. The largest absolute Gasteiger partial charge is 0.497 e. The number of H-pyrrole nitrogens is 1. The van der Waals surface area contributed by atoms with Crippen LogP contribution in [0.25, 0.3) is 10.9 Å². The molecule has 0 fully saturated rings. The Kier molecular flexibility index (Phi) is 4.57. The van der Waals surface area contributed by atoms with Gasteiger partial charge in [0.25, 0.3) is 0 Å². The number of nitrogens with two attached hydrogens (primary N) is 1. The van der Waals surface area contributed by atoms with Crippen molar-refractivity contribution < 1.29 is 4.74 Å². The Morgan fingerprint density at radius 2 is 2.00 bits per heavy atom. The van der Waals surface area contributed by atoms with Gasteiger partial charge in [0.1, 0.15) is 5.75 Å². The van der Waals surface area contributed by atoms with E-state index in [-0.39, 0.29) is 6.04 Å². The number of hydrogen-bond acceptors (Lipinski definition) is 6. The Hall–Kier alpha value is -3.10. The quantitative estimate of drug-likeness (QED) is 0.532. The van der Waals surface area contributed by atoms with Crippen LogP contribution in [0.15, 0.2) is 65.0 Å². The number of para-hydroxylation sites is 1. The van der Waals surface area contributed by atoms with Crippen LogP contribution in [0, 0.1) is 0 Å². The summed E-state index contributed by atoms with van der Waals surface area (Å²) in [5, 5.41) is 15.4. The lowest BCUT2D eigenvalue weighted by molar-refractivity contribution is 0.415. The molecule has 3 heterocycles. The maximum Gasteiger partial charge on any atom is 0.212 e. The highest BCUT2D eigenvalue weighted by atomic mass is 32.2. The SMILES string of the molecule is COc1ccc(C2=Nn3c(nnc3C(N)Cc3c[nH]c4ccccc34)SC2)cc1. The second kappa shape index (κ2) is 7.38. The number of aromatic nitrogens is 4. The van der Waals surface area contributed by atoms with Gasteiger partial charge in [-0.3, -0.25) is 0 Å². The van der Waals surface area contributed by atoms with Crippen LogP contribution >= 0.6 is 11.8 Å². The molecule has 0 amide bonds. The van der Waals surface area contributed by atoms with Gasteiger partial charge in [-0.1, -0.05) is 30.0 Å². The summed E-state index contributed by atoms with van der Waals surface area (Å²) in [6.07, 6.45) is 2.67. The van der Waals surface area contributed by atoms with Crippen molar-refractivity contribution in [2.24, 2.45) is 10.8 Å². The first-order valence-corrected chi connectivity index (χ1v) is 10.3. The number of aromatic amines is 1. The third-order valence-electron chi connectivity index (χ3n) is 5.06. The topological polar surface area (TPSA) is 94.1 Å². The lowest BCUT2D eigenvalue weighted by Gasteiger charge is -2.16. The zero-order valence-corrected chi connectivity index (χ0v) is 16.7. The van der Waals surface area contributed by atoms with Crippen LogP contribution in [0.5, 0.6) is 5.75 Å². The van der Waals surface area contributed by atoms with E-state index in [2.05, 4.69) is 27.3 Å². The lowest BCUT2D eigenvalue weighted by Crippen LogP contribution is -2.21. The summed E-state index contributed by atoms with van der Waals surface area (Å²) < 4.78 is 7.03. The van der Waals surface area contributed by atoms with Gasteiger partial charge in [0.15, 0.2) is 5.82 Å². The molecule has 0 spiro atoms. The van der Waals surface area contributed by atoms with E-state index in [0.717, 1.165) is 39.0 Å². The normalized spacial score (nSPS) is 14.5. The van der Waals surface area contributed by atoms with Crippen molar-refractivity contribution in [1.82, 2.24) is 19.9 Å². The summed E-state index contributed by atoms with van der Waals surface area (Å²) in [5.74, 6) is 2.23. The fourth-order valence-corrected chi connectivity index (χ4v) is 4.37. The molecular weight excluding hydrogens is 384 g/mol. The van der Waals surface area contributed by atoms with Gasteiger partial charge in [0.2, 0.25) is 5.16 Å². The van der Waals surface area contributed by atoms with Crippen LogP contribution in [-0.4, -0.2) is 38.4 Å². The third kappa shape index (κ3) is 3.30. The first kappa shape index (κ1) is 18.0. The fraction of sp³-hybridized carbons (Fsp3) is 0.190. The smallest absolute Gasteiger partial charge is 0.212 e. The van der Waals surface area contributed by atoms with Gasteiger partial charge in [-0.15, -0.1) is 10.2 Å². The standard InChI is InChI=1S/C21H20N6OS/c1-28-15-8-6-13(7-9-15)19-12-29-21-25-24-20(27(21)26-19)17(22)10-14-11-23-18-5-3-2-4-16(14)18/h2-9,11,17,23H,10,12,22H2,1H3. The molecule has 1 unspecified atom stereocenters. The maximum atomic E-state index is 6.54. The number of nitrogens with one attached hydrogen (secondary N) is 1. The minimum atomic E-state index is -0.310. The van der Waals surface area contributed by atoms with Crippen LogP contribution in [0.1, 0.15) is 23.0 Å². The molecule has 0 saturated heterocycles. The number of methoxy groups -OCH3 is 1. The summed E-state index contributed by atoms with van der Waals surface area (Å²) in [4.78, 5) is 3.30. The van der Waals surface area contributed by atoms with Crippen molar-refractivity contribution in [2.75, 3.05) is 12.9 Å². The van der Waals surface area contributed by atoms with Crippen LogP contribution in [0.4, 0.5) is 0 Å². The molecule has 7 nitrogen and oxygen atoms in total. The fourth-order valence-electron chi connectivity index (χ4n) is 3.53. The Balaban J connectivity index is 1.44. The number of fused-ring (bicyclic) bond motifs is 2. The van der Waals surface area contributed by atoms with Crippen LogP contribution in [0.3, 0.4) is 0 Å². The van der Waals surface area contributed by atoms with E-state index in [0.29, 0.717) is 12.2 Å². The summed E-state index contributed by atoms with van der Waals surface area (Å²) in [7, 11) is 1.66. The van der Waals surface area contributed by atoms with Crippen molar-refractivity contribution in [3.63, 3.8) is 0 Å². The number of rotatable bonds is 5. The van der Waals surface area contributed by atoms with Crippen LogP contribution in [-0.2, 0) is 6.42 Å². The molecule has 2 aromatic heterocycles. The molecule has 5 rings (SSSR count). The number of benzene rings is 2. The summed E-state index contributed by atoms with van der Waals surface area (Å²) in [6.45, 7) is 0. The number of ether oxygens (including phenoxy) is 1. The second-order valence-electron chi connectivity index (χ2n) is 6.89. The van der Waals surface area contributed by atoms with E-state index in [1.165, 1.54) is 5.39 Å². The average molecular weight is 404 g/mol. The van der Waals surface area contributed by atoms with Crippen molar-refractivity contribution in [3.05, 3.63) is 71.7 Å². The first-order chi connectivity index (χ1) is 14.2. The number of thioether (sulfide) groups is 1. The molecule has 0 radical (unpaired) electrons. The van der Waals surface area contributed by atoms with Gasteiger partial charge in [0.05, 0.1) is 18.9 Å². The highest BCUT2D eigenvalue weighted by Crippen LogP contribution is 2.28. The molecule has 8 heteroatoms. The Labute approximate surface area is 172 Å². The zero-order chi connectivity index (χ0) is 19.8. The molecule has 146 valence electrons. The van der Waals surface area contributed by atoms with E-state index < -0.39 is 0 Å². The highest BCUT2D eigenvalue weighted by molar-refractivity contribution is 7.99. The molecule has 2 aromatic carbocycles. The second-order valence-corrected chi connectivity index (χ2v) is 7.83. The Morgan fingerprint density at radius 3 is 2.83 bits per heavy atom. The van der Waals surface area contributed by atoms with Crippen molar-refractivity contribution >= 4 is 28.4 Å². The molecule has 3 N–H and O–H groups in total. The lowest BCUT2D eigenvalue weighted by atomic mass is 10.1. The molecular formula is C21H20N6OS. The van der Waals surface area contributed by atoms with Crippen molar-refractivity contribution in [1.29, 1.82) is 0 Å². The van der Waals surface area contributed by atoms with E-state index in [9.17, 15) is 0 Å². The zero-order valence-electron chi connectivity index (χ0n) is 15.9. The molecule has 1 aliphatic rings.